The summed E-state index contributed by atoms with van der Waals surface area (Å²) in [5.74, 6) is -1.33. The molecule has 1 heterocycles. The van der Waals surface area contributed by atoms with Gasteiger partial charge in [-0.1, -0.05) is 30.0 Å². The number of hydrogen-bond donors (Lipinski definition) is 2. The van der Waals surface area contributed by atoms with E-state index in [4.69, 9.17) is 12.2 Å². The van der Waals surface area contributed by atoms with Gasteiger partial charge in [-0.2, -0.15) is 5.01 Å². The van der Waals surface area contributed by atoms with E-state index in [-0.39, 0.29) is 26.2 Å². The van der Waals surface area contributed by atoms with Gasteiger partial charge in [0.15, 0.2) is 4.32 Å². The molecule has 0 radical (unpaired) electrons. The molecule has 0 atom stereocenters. The Morgan fingerprint density at radius 1 is 1.26 bits per heavy atom. The predicted octanol–water partition coefficient (Wildman–Crippen LogP) is 2.85. The molecule has 27 heavy (non-hydrogen) atoms. The zero-order valence-electron chi connectivity index (χ0n) is 13.5. The van der Waals surface area contributed by atoms with Crippen LogP contribution in [0.3, 0.4) is 0 Å². The van der Waals surface area contributed by atoms with E-state index in [0.29, 0.717) is 5.56 Å². The molecule has 0 unspecified atom stereocenters. The molecule has 0 spiro atoms. The molecular formula is C17H11N3O5S2. The number of thiocarbonyl (C=S) groups is 1. The minimum Gasteiger partial charge on any atom is -0.507 e. The van der Waals surface area contributed by atoms with Gasteiger partial charge in [-0.25, -0.2) is 0 Å². The van der Waals surface area contributed by atoms with E-state index in [1.165, 1.54) is 12.1 Å². The van der Waals surface area contributed by atoms with Crippen LogP contribution in [0.25, 0.3) is 6.08 Å². The van der Waals surface area contributed by atoms with Gasteiger partial charge in [0.2, 0.25) is 0 Å². The molecule has 0 aliphatic carbocycles. The molecule has 2 aromatic rings. The van der Waals surface area contributed by atoms with Gasteiger partial charge >= 0.3 is 0 Å². The van der Waals surface area contributed by atoms with Crippen LogP contribution in [0.15, 0.2) is 53.4 Å². The Labute approximate surface area is 162 Å². The average Bonchev–Trinajstić information content (AvgIpc) is 2.91. The summed E-state index contributed by atoms with van der Waals surface area (Å²) >= 11 is 6.03. The number of hydrogen-bond acceptors (Lipinski definition) is 7. The maximum atomic E-state index is 12.5. The minimum atomic E-state index is -0.609. The van der Waals surface area contributed by atoms with Crippen LogP contribution in [0, 0.1) is 10.1 Å². The van der Waals surface area contributed by atoms with E-state index in [1.807, 2.05) is 0 Å². The number of non-ortho nitro benzene ring substituents is 1. The molecule has 2 amide bonds. The Morgan fingerprint density at radius 2 is 1.96 bits per heavy atom. The molecular weight excluding hydrogens is 390 g/mol. The van der Waals surface area contributed by atoms with Crippen molar-refractivity contribution in [1.82, 2.24) is 10.4 Å². The second-order valence-electron chi connectivity index (χ2n) is 5.32. The smallest absolute Gasteiger partial charge is 0.285 e. The molecule has 10 heteroatoms. The normalized spacial score (nSPS) is 15.3. The molecule has 0 aromatic heterocycles. The van der Waals surface area contributed by atoms with Crippen molar-refractivity contribution < 1.29 is 19.6 Å². The quantitative estimate of drug-likeness (QED) is 0.350. The Balaban J connectivity index is 1.84. The number of aromatic hydroxyl groups is 1. The van der Waals surface area contributed by atoms with E-state index in [0.717, 1.165) is 28.9 Å². The summed E-state index contributed by atoms with van der Waals surface area (Å²) in [6.07, 6.45) is 1.29. The molecule has 1 saturated heterocycles. The van der Waals surface area contributed by atoms with Gasteiger partial charge in [-0.15, -0.1) is 0 Å². The number of benzene rings is 2. The Bertz CT molecular complexity index is 991. The maximum absolute atomic E-state index is 12.5. The van der Waals surface area contributed by atoms with Crippen molar-refractivity contribution in [3.63, 3.8) is 0 Å². The van der Waals surface area contributed by atoms with E-state index >= 15 is 0 Å². The SMILES string of the molecule is O=C(NN1C(=O)/C(=C/c2cc([N+](=O)[O-])ccc2O)SC1=S)c1ccccc1. The van der Waals surface area contributed by atoms with Gasteiger partial charge in [0, 0.05) is 23.3 Å². The first-order valence-corrected chi connectivity index (χ1v) is 8.70. The number of rotatable bonds is 4. The van der Waals surface area contributed by atoms with Crippen molar-refractivity contribution in [3.8, 4) is 5.75 Å². The number of thioether (sulfide) groups is 1. The third kappa shape index (κ3) is 3.96. The van der Waals surface area contributed by atoms with Crippen LogP contribution in [0.1, 0.15) is 15.9 Å². The summed E-state index contributed by atoms with van der Waals surface area (Å²) < 4.78 is 0.0976. The lowest BCUT2D eigenvalue weighted by atomic mass is 10.1. The fraction of sp³-hybridized carbons (Fsp3) is 0. The number of nitro groups is 1. The molecule has 1 aliphatic rings. The van der Waals surface area contributed by atoms with Crippen molar-refractivity contribution in [2.45, 2.75) is 0 Å². The number of phenols is 1. The first-order chi connectivity index (χ1) is 12.9. The lowest BCUT2D eigenvalue weighted by molar-refractivity contribution is -0.384. The van der Waals surface area contributed by atoms with Crippen LogP contribution in [0.4, 0.5) is 5.69 Å². The summed E-state index contributed by atoms with van der Waals surface area (Å²) in [7, 11) is 0. The van der Waals surface area contributed by atoms with Gasteiger partial charge in [-0.3, -0.25) is 25.1 Å². The summed E-state index contributed by atoms with van der Waals surface area (Å²) in [5.41, 5.74) is 2.65. The molecule has 136 valence electrons. The van der Waals surface area contributed by atoms with Crippen molar-refractivity contribution >= 4 is 51.9 Å². The molecule has 2 N–H and O–H groups in total. The van der Waals surface area contributed by atoms with Crippen LogP contribution in [0.5, 0.6) is 5.75 Å². The lowest BCUT2D eigenvalue weighted by Gasteiger charge is -2.15. The van der Waals surface area contributed by atoms with Crippen LogP contribution < -0.4 is 5.43 Å². The van der Waals surface area contributed by atoms with E-state index in [9.17, 15) is 24.8 Å². The van der Waals surface area contributed by atoms with E-state index in [1.54, 1.807) is 30.3 Å². The number of phenolic OH excluding ortho intramolecular Hbond substituents is 1. The van der Waals surface area contributed by atoms with E-state index in [2.05, 4.69) is 5.43 Å². The second kappa shape index (κ2) is 7.56. The number of carbonyl (C=O) groups is 2. The minimum absolute atomic E-state index is 0.0964. The number of amides is 2. The van der Waals surface area contributed by atoms with Gasteiger partial charge in [0.05, 0.1) is 9.83 Å². The fourth-order valence-electron chi connectivity index (χ4n) is 2.23. The Hall–Kier alpha value is -3.24. The first kappa shape index (κ1) is 18.5. The highest BCUT2D eigenvalue weighted by Crippen LogP contribution is 2.34. The molecule has 3 rings (SSSR count). The highest BCUT2D eigenvalue weighted by molar-refractivity contribution is 8.26. The Morgan fingerprint density at radius 3 is 2.63 bits per heavy atom. The highest BCUT2D eigenvalue weighted by Gasteiger charge is 2.34. The van der Waals surface area contributed by atoms with Crippen molar-refractivity contribution in [2.75, 3.05) is 0 Å². The first-order valence-electron chi connectivity index (χ1n) is 7.48. The third-order valence-corrected chi connectivity index (χ3v) is 4.85. The number of carbonyl (C=O) groups excluding carboxylic acids is 2. The Kier molecular flexibility index (Phi) is 5.19. The van der Waals surface area contributed by atoms with Gasteiger partial charge in [0.1, 0.15) is 5.75 Å². The van der Waals surface area contributed by atoms with Crippen molar-refractivity contribution in [2.24, 2.45) is 0 Å². The van der Waals surface area contributed by atoms with Crippen LogP contribution >= 0.6 is 24.0 Å². The molecule has 2 aromatic carbocycles. The van der Waals surface area contributed by atoms with Crippen molar-refractivity contribution in [3.05, 3.63) is 74.7 Å². The second-order valence-corrected chi connectivity index (χ2v) is 7.00. The number of nitro benzene ring substituents is 1. The summed E-state index contributed by atoms with van der Waals surface area (Å²) in [6, 6.07) is 11.8. The van der Waals surface area contributed by atoms with Gasteiger partial charge < -0.3 is 5.11 Å². The van der Waals surface area contributed by atoms with E-state index < -0.39 is 16.7 Å². The monoisotopic (exact) mass is 401 g/mol. The molecule has 1 fully saturated rings. The summed E-state index contributed by atoms with van der Waals surface area (Å²) in [4.78, 5) is 35.1. The summed E-state index contributed by atoms with van der Waals surface area (Å²) in [6.45, 7) is 0. The van der Waals surface area contributed by atoms with Crippen LogP contribution in [0.2, 0.25) is 0 Å². The highest BCUT2D eigenvalue weighted by atomic mass is 32.2. The zero-order chi connectivity index (χ0) is 19.6. The third-order valence-electron chi connectivity index (χ3n) is 3.55. The number of nitrogens with one attached hydrogen (secondary N) is 1. The maximum Gasteiger partial charge on any atom is 0.285 e. The number of hydrazine groups is 1. The largest absolute Gasteiger partial charge is 0.507 e. The number of nitrogens with zero attached hydrogens (tertiary/aromatic N) is 2. The predicted molar refractivity (Wildman–Crippen MR) is 104 cm³/mol. The van der Waals surface area contributed by atoms with Crippen LogP contribution in [-0.2, 0) is 4.79 Å². The van der Waals surface area contributed by atoms with Crippen LogP contribution in [-0.4, -0.2) is 31.2 Å². The fourth-order valence-corrected chi connectivity index (χ4v) is 3.40. The van der Waals surface area contributed by atoms with Gasteiger partial charge in [-0.05, 0) is 36.5 Å². The van der Waals surface area contributed by atoms with Crippen molar-refractivity contribution in [1.29, 1.82) is 0 Å². The molecule has 8 nitrogen and oxygen atoms in total. The molecule has 1 aliphatic heterocycles. The lowest BCUT2D eigenvalue weighted by Crippen LogP contribution is -2.44. The topological polar surface area (TPSA) is 113 Å². The zero-order valence-corrected chi connectivity index (χ0v) is 15.1. The standard InChI is InChI=1S/C17H11N3O5S2/c21-13-7-6-12(20(24)25)8-11(13)9-14-16(23)19(17(26)27-14)18-15(22)10-4-2-1-3-5-10/h1-9,21H,(H,18,22)/b14-9-. The average molecular weight is 401 g/mol. The molecule has 0 saturated carbocycles. The van der Waals surface area contributed by atoms with Gasteiger partial charge in [0.25, 0.3) is 17.5 Å². The summed E-state index contributed by atoms with van der Waals surface area (Å²) in [5, 5.41) is 21.7. The molecule has 0 bridgehead atoms.